The minimum absolute atomic E-state index is 0.179. The molecule has 0 radical (unpaired) electrons. The fraction of sp³-hybridized carbons (Fsp3) is 0.333. The first-order valence-corrected chi connectivity index (χ1v) is 9.07. The zero-order chi connectivity index (χ0) is 17.1. The lowest BCUT2D eigenvalue weighted by Gasteiger charge is -2.32. The number of hydrogen-bond donors (Lipinski definition) is 2. The molecule has 130 valence electrons. The van der Waals surface area contributed by atoms with E-state index in [4.69, 9.17) is 0 Å². The summed E-state index contributed by atoms with van der Waals surface area (Å²) in [5.41, 5.74) is 3.44. The van der Waals surface area contributed by atoms with E-state index in [0.29, 0.717) is 5.92 Å². The summed E-state index contributed by atoms with van der Waals surface area (Å²) in [6.45, 7) is 4.28. The highest BCUT2D eigenvalue weighted by Gasteiger charge is 2.22. The van der Waals surface area contributed by atoms with Crippen LogP contribution in [0.15, 0.2) is 54.7 Å². The van der Waals surface area contributed by atoms with E-state index in [-0.39, 0.29) is 5.82 Å². The van der Waals surface area contributed by atoms with Gasteiger partial charge in [0.05, 0.1) is 0 Å². The number of fused-ring (bicyclic) bond motifs is 1. The molecule has 3 nitrogen and oxygen atoms in total. The number of hydrogen-bond acceptors (Lipinski definition) is 2. The number of likely N-dealkylation sites (tertiary alicyclic amines) is 1. The monoisotopic (exact) mass is 337 g/mol. The number of aromatic nitrogens is 1. The van der Waals surface area contributed by atoms with Crippen LogP contribution in [-0.2, 0) is 0 Å². The van der Waals surface area contributed by atoms with Crippen LogP contribution in [0.1, 0.15) is 24.3 Å². The first-order valence-electron chi connectivity index (χ1n) is 9.07. The number of rotatable bonds is 5. The van der Waals surface area contributed by atoms with E-state index in [1.54, 1.807) is 12.1 Å². The topological polar surface area (TPSA) is 31.1 Å². The second-order valence-corrected chi connectivity index (χ2v) is 6.84. The number of nitrogens with one attached hydrogen (secondary N) is 2. The summed E-state index contributed by atoms with van der Waals surface area (Å²) in [6, 6.07) is 15.4. The summed E-state index contributed by atoms with van der Waals surface area (Å²) in [5.74, 6) is 0.388. The van der Waals surface area contributed by atoms with Gasteiger partial charge in [0.25, 0.3) is 0 Å². The molecule has 2 N–H and O–H groups in total. The van der Waals surface area contributed by atoms with Crippen molar-refractivity contribution in [3.05, 3.63) is 66.1 Å². The largest absolute Gasteiger partial charge is 0.384 e. The van der Waals surface area contributed by atoms with Crippen LogP contribution in [0, 0.1) is 5.82 Å². The summed E-state index contributed by atoms with van der Waals surface area (Å²) in [6.07, 6.45) is 4.40. The standard InChI is InChI=1S/C21H24FN3/c22-17-6-7-19-20(15-24-21(19)14-17)16-8-11-25(12-9-16)13-10-23-18-4-2-1-3-5-18/h1-7,14-16,23-24H,8-13H2. The van der Waals surface area contributed by atoms with Gasteiger partial charge < -0.3 is 15.2 Å². The average molecular weight is 337 g/mol. The van der Waals surface area contributed by atoms with E-state index < -0.39 is 0 Å². The van der Waals surface area contributed by atoms with Crippen LogP contribution in [0.25, 0.3) is 10.9 Å². The lowest BCUT2D eigenvalue weighted by molar-refractivity contribution is 0.220. The maximum Gasteiger partial charge on any atom is 0.125 e. The van der Waals surface area contributed by atoms with Gasteiger partial charge >= 0.3 is 0 Å². The minimum atomic E-state index is -0.179. The van der Waals surface area contributed by atoms with Crippen LogP contribution < -0.4 is 5.32 Å². The Kier molecular flexibility index (Phi) is 4.70. The molecular weight excluding hydrogens is 313 g/mol. The molecule has 2 heterocycles. The van der Waals surface area contributed by atoms with Crippen LogP contribution in [0.5, 0.6) is 0 Å². The number of halogens is 1. The van der Waals surface area contributed by atoms with Crippen molar-refractivity contribution >= 4 is 16.6 Å². The molecule has 0 unspecified atom stereocenters. The number of H-pyrrole nitrogens is 1. The van der Waals surface area contributed by atoms with Gasteiger partial charge in [0.2, 0.25) is 0 Å². The zero-order valence-corrected chi connectivity index (χ0v) is 14.3. The molecule has 0 aliphatic carbocycles. The molecular formula is C21H24FN3. The zero-order valence-electron chi connectivity index (χ0n) is 14.3. The third-order valence-electron chi connectivity index (χ3n) is 5.23. The van der Waals surface area contributed by atoms with Gasteiger partial charge in [-0.15, -0.1) is 0 Å². The summed E-state index contributed by atoms with van der Waals surface area (Å²) in [7, 11) is 0. The van der Waals surface area contributed by atoms with Crippen LogP contribution in [0.4, 0.5) is 10.1 Å². The Bertz CT molecular complexity index is 820. The molecule has 4 heteroatoms. The van der Waals surface area contributed by atoms with Crippen molar-refractivity contribution in [2.75, 3.05) is 31.5 Å². The van der Waals surface area contributed by atoms with Crippen molar-refractivity contribution in [2.45, 2.75) is 18.8 Å². The third kappa shape index (κ3) is 3.69. The summed E-state index contributed by atoms with van der Waals surface area (Å²) in [5, 5.41) is 4.65. The summed E-state index contributed by atoms with van der Waals surface area (Å²) < 4.78 is 13.3. The van der Waals surface area contributed by atoms with Gasteiger partial charge in [-0.25, -0.2) is 4.39 Å². The fourth-order valence-electron chi connectivity index (χ4n) is 3.84. The fourth-order valence-corrected chi connectivity index (χ4v) is 3.84. The van der Waals surface area contributed by atoms with Crippen molar-refractivity contribution in [3.8, 4) is 0 Å². The lowest BCUT2D eigenvalue weighted by atomic mass is 9.89. The first-order chi connectivity index (χ1) is 12.3. The highest BCUT2D eigenvalue weighted by molar-refractivity contribution is 5.83. The quantitative estimate of drug-likeness (QED) is 0.713. The summed E-state index contributed by atoms with van der Waals surface area (Å²) >= 11 is 0. The molecule has 1 aliphatic rings. The van der Waals surface area contributed by atoms with Gasteiger partial charge in [-0.05, 0) is 67.7 Å². The predicted octanol–water partition coefficient (Wildman–Crippen LogP) is 4.60. The van der Waals surface area contributed by atoms with Gasteiger partial charge in [0.15, 0.2) is 0 Å². The molecule has 1 saturated heterocycles. The lowest BCUT2D eigenvalue weighted by Crippen LogP contribution is -2.36. The molecule has 0 bridgehead atoms. The predicted molar refractivity (Wildman–Crippen MR) is 102 cm³/mol. The minimum Gasteiger partial charge on any atom is -0.384 e. The molecule has 4 rings (SSSR count). The number of aromatic amines is 1. The molecule has 0 atom stereocenters. The number of benzene rings is 2. The van der Waals surface area contributed by atoms with Crippen LogP contribution in [0.3, 0.4) is 0 Å². The van der Waals surface area contributed by atoms with Gasteiger partial charge in [0.1, 0.15) is 5.82 Å². The Morgan fingerprint density at radius 1 is 1.08 bits per heavy atom. The Hall–Kier alpha value is -2.33. The van der Waals surface area contributed by atoms with E-state index >= 15 is 0 Å². The molecule has 2 aromatic carbocycles. The van der Waals surface area contributed by atoms with Crippen molar-refractivity contribution < 1.29 is 4.39 Å². The van der Waals surface area contributed by atoms with Crippen molar-refractivity contribution in [1.29, 1.82) is 0 Å². The summed E-state index contributed by atoms with van der Waals surface area (Å²) in [4.78, 5) is 5.76. The molecule has 1 aromatic heterocycles. The van der Waals surface area contributed by atoms with Crippen LogP contribution >= 0.6 is 0 Å². The Balaban J connectivity index is 1.30. The molecule has 0 amide bonds. The SMILES string of the molecule is Fc1ccc2c(C3CCN(CCNc4ccccc4)CC3)c[nH]c2c1. The van der Waals surface area contributed by atoms with E-state index in [1.165, 1.54) is 16.6 Å². The Morgan fingerprint density at radius 2 is 1.88 bits per heavy atom. The highest BCUT2D eigenvalue weighted by Crippen LogP contribution is 2.33. The van der Waals surface area contributed by atoms with Gasteiger partial charge in [-0.1, -0.05) is 18.2 Å². The second kappa shape index (κ2) is 7.28. The maximum atomic E-state index is 13.3. The smallest absolute Gasteiger partial charge is 0.125 e. The molecule has 1 fully saturated rings. The van der Waals surface area contributed by atoms with Gasteiger partial charge in [0, 0.05) is 35.9 Å². The number of para-hydroxylation sites is 1. The molecule has 0 saturated carbocycles. The van der Waals surface area contributed by atoms with E-state index in [9.17, 15) is 4.39 Å². The van der Waals surface area contributed by atoms with Crippen LogP contribution in [-0.4, -0.2) is 36.1 Å². The first kappa shape index (κ1) is 16.2. The number of nitrogens with zero attached hydrogens (tertiary/aromatic N) is 1. The molecule has 25 heavy (non-hydrogen) atoms. The maximum absolute atomic E-state index is 13.3. The normalized spacial score (nSPS) is 16.4. The molecule has 0 spiro atoms. The Labute approximate surface area is 147 Å². The van der Waals surface area contributed by atoms with Gasteiger partial charge in [-0.3, -0.25) is 0 Å². The van der Waals surface area contributed by atoms with E-state index in [0.717, 1.165) is 44.5 Å². The van der Waals surface area contributed by atoms with Crippen molar-refractivity contribution in [2.24, 2.45) is 0 Å². The van der Waals surface area contributed by atoms with E-state index in [1.807, 2.05) is 12.1 Å². The van der Waals surface area contributed by atoms with Crippen LogP contribution in [0.2, 0.25) is 0 Å². The highest BCUT2D eigenvalue weighted by atomic mass is 19.1. The van der Waals surface area contributed by atoms with Crippen molar-refractivity contribution in [1.82, 2.24) is 9.88 Å². The third-order valence-corrected chi connectivity index (χ3v) is 5.23. The average Bonchev–Trinajstić information content (AvgIpc) is 3.06. The van der Waals surface area contributed by atoms with Gasteiger partial charge in [-0.2, -0.15) is 0 Å². The second-order valence-electron chi connectivity index (χ2n) is 6.84. The number of piperidine rings is 1. The molecule has 1 aliphatic heterocycles. The molecule has 3 aromatic rings. The Morgan fingerprint density at radius 3 is 2.68 bits per heavy atom. The van der Waals surface area contributed by atoms with Crippen molar-refractivity contribution in [3.63, 3.8) is 0 Å². The number of anilines is 1. The van der Waals surface area contributed by atoms with E-state index in [2.05, 4.69) is 45.7 Å².